The molecule has 4 nitrogen and oxygen atoms in total. The Kier molecular flexibility index (Phi) is 1.94. The molecular weight excluding hydrogens is 222 g/mol. The molecule has 0 saturated heterocycles. The zero-order valence-electron chi connectivity index (χ0n) is 8.60. The molecule has 0 unspecified atom stereocenters. The molecule has 0 amide bonds. The normalized spacial score (nSPS) is 11.1. The fraction of sp³-hybridized carbons (Fsp3) is 0.0909. The molecule has 3 rings (SSSR count). The lowest BCUT2D eigenvalue weighted by Gasteiger charge is -1.89. The Bertz CT molecular complexity index is 656. The molecule has 16 heavy (non-hydrogen) atoms. The minimum Gasteiger partial charge on any atom is -0.399 e. The fourth-order valence-electron chi connectivity index (χ4n) is 1.51. The first-order chi connectivity index (χ1) is 7.72. The summed E-state index contributed by atoms with van der Waals surface area (Å²) < 4.78 is 6.24. The first kappa shape index (κ1) is 9.35. The third-order valence-corrected chi connectivity index (χ3v) is 3.28. The molecule has 3 aromatic rings. The number of nitrogens with two attached hydrogens (primary N) is 1. The molecule has 2 aromatic heterocycles. The van der Waals surface area contributed by atoms with Gasteiger partial charge >= 0.3 is 0 Å². The summed E-state index contributed by atoms with van der Waals surface area (Å²) in [5, 5.41) is 4.68. The van der Waals surface area contributed by atoms with E-state index >= 15 is 0 Å². The van der Waals surface area contributed by atoms with Crippen molar-refractivity contribution < 1.29 is 4.52 Å². The Morgan fingerprint density at radius 1 is 1.31 bits per heavy atom. The van der Waals surface area contributed by atoms with Gasteiger partial charge in [-0.15, -0.1) is 11.3 Å². The van der Waals surface area contributed by atoms with E-state index in [2.05, 4.69) is 10.1 Å². The number of thiazole rings is 1. The van der Waals surface area contributed by atoms with Gasteiger partial charge in [-0.3, -0.25) is 0 Å². The van der Waals surface area contributed by atoms with E-state index in [0.29, 0.717) is 5.76 Å². The molecule has 0 spiro atoms. The van der Waals surface area contributed by atoms with Crippen LogP contribution < -0.4 is 5.73 Å². The quantitative estimate of drug-likeness (QED) is 0.654. The van der Waals surface area contributed by atoms with E-state index in [1.165, 1.54) is 0 Å². The van der Waals surface area contributed by atoms with Crippen LogP contribution in [0.1, 0.15) is 5.69 Å². The Morgan fingerprint density at radius 2 is 2.19 bits per heavy atom. The number of benzene rings is 1. The highest BCUT2D eigenvalue weighted by molar-refractivity contribution is 7.21. The molecule has 5 heteroatoms. The Morgan fingerprint density at radius 3 is 2.94 bits per heavy atom. The average Bonchev–Trinajstić information content (AvgIpc) is 2.83. The highest BCUT2D eigenvalue weighted by Crippen LogP contribution is 2.31. The van der Waals surface area contributed by atoms with E-state index in [-0.39, 0.29) is 0 Å². The summed E-state index contributed by atoms with van der Waals surface area (Å²) >= 11 is 1.55. The number of nitrogens with zero attached hydrogens (tertiary/aromatic N) is 2. The maximum Gasteiger partial charge on any atom is 0.195 e. The number of fused-ring (bicyclic) bond motifs is 1. The SMILES string of the molecule is Cc1cc(-c2nc3ccc(N)cc3s2)on1. The van der Waals surface area contributed by atoms with Crippen LogP contribution in [0.3, 0.4) is 0 Å². The van der Waals surface area contributed by atoms with Gasteiger partial charge in [0.05, 0.1) is 15.9 Å². The number of hydrogen-bond acceptors (Lipinski definition) is 5. The van der Waals surface area contributed by atoms with Gasteiger partial charge in [-0.25, -0.2) is 4.98 Å². The summed E-state index contributed by atoms with van der Waals surface area (Å²) in [5.41, 5.74) is 8.25. The van der Waals surface area contributed by atoms with Crippen molar-refractivity contribution in [2.24, 2.45) is 0 Å². The van der Waals surface area contributed by atoms with E-state index in [1.807, 2.05) is 31.2 Å². The van der Waals surface area contributed by atoms with Gasteiger partial charge in [0.2, 0.25) is 0 Å². The average molecular weight is 231 g/mol. The van der Waals surface area contributed by atoms with E-state index in [9.17, 15) is 0 Å². The molecule has 0 aliphatic carbocycles. The van der Waals surface area contributed by atoms with Crippen LogP contribution in [0.5, 0.6) is 0 Å². The zero-order valence-corrected chi connectivity index (χ0v) is 9.41. The lowest BCUT2D eigenvalue weighted by Crippen LogP contribution is -1.81. The predicted molar refractivity (Wildman–Crippen MR) is 64.3 cm³/mol. The van der Waals surface area contributed by atoms with Crippen molar-refractivity contribution in [2.45, 2.75) is 6.92 Å². The van der Waals surface area contributed by atoms with Crippen molar-refractivity contribution in [1.29, 1.82) is 0 Å². The van der Waals surface area contributed by atoms with Crippen LogP contribution in [0.4, 0.5) is 5.69 Å². The van der Waals surface area contributed by atoms with E-state index in [0.717, 1.165) is 26.6 Å². The van der Waals surface area contributed by atoms with Crippen molar-refractivity contribution in [3.8, 4) is 10.8 Å². The Balaban J connectivity index is 2.18. The summed E-state index contributed by atoms with van der Waals surface area (Å²) in [6, 6.07) is 7.55. The molecule has 0 atom stereocenters. The number of rotatable bonds is 1. The van der Waals surface area contributed by atoms with Gasteiger partial charge in [-0.05, 0) is 25.1 Å². The first-order valence-electron chi connectivity index (χ1n) is 4.82. The van der Waals surface area contributed by atoms with Gasteiger partial charge in [0.15, 0.2) is 10.8 Å². The van der Waals surface area contributed by atoms with Gasteiger partial charge in [0.1, 0.15) is 0 Å². The second-order valence-electron chi connectivity index (χ2n) is 3.58. The van der Waals surface area contributed by atoms with Crippen LogP contribution in [0.15, 0.2) is 28.8 Å². The number of aromatic nitrogens is 2. The molecule has 80 valence electrons. The topological polar surface area (TPSA) is 64.9 Å². The standard InChI is InChI=1S/C11H9N3OS/c1-6-4-9(15-14-6)11-13-8-3-2-7(12)5-10(8)16-11/h2-5H,12H2,1H3. The number of hydrogen-bond donors (Lipinski definition) is 1. The van der Waals surface area contributed by atoms with Gasteiger partial charge < -0.3 is 10.3 Å². The maximum absolute atomic E-state index is 5.72. The van der Waals surface area contributed by atoms with Crippen molar-refractivity contribution in [2.75, 3.05) is 5.73 Å². The van der Waals surface area contributed by atoms with Crippen molar-refractivity contribution >= 4 is 27.2 Å². The van der Waals surface area contributed by atoms with Crippen LogP contribution >= 0.6 is 11.3 Å². The highest BCUT2D eigenvalue weighted by Gasteiger charge is 2.10. The molecule has 0 aliphatic rings. The lowest BCUT2D eigenvalue weighted by atomic mass is 10.3. The maximum atomic E-state index is 5.72. The van der Waals surface area contributed by atoms with Crippen molar-refractivity contribution in [1.82, 2.24) is 10.1 Å². The molecular formula is C11H9N3OS. The summed E-state index contributed by atoms with van der Waals surface area (Å²) in [7, 11) is 0. The van der Waals surface area contributed by atoms with Gasteiger partial charge in [0.25, 0.3) is 0 Å². The van der Waals surface area contributed by atoms with Gasteiger partial charge in [0, 0.05) is 11.8 Å². The Labute approximate surface area is 95.7 Å². The van der Waals surface area contributed by atoms with E-state index in [4.69, 9.17) is 10.3 Å². The second kappa shape index (κ2) is 3.31. The third-order valence-electron chi connectivity index (χ3n) is 2.25. The van der Waals surface area contributed by atoms with Crippen molar-refractivity contribution in [3.63, 3.8) is 0 Å². The monoisotopic (exact) mass is 231 g/mol. The molecule has 2 heterocycles. The second-order valence-corrected chi connectivity index (χ2v) is 4.61. The largest absolute Gasteiger partial charge is 0.399 e. The summed E-state index contributed by atoms with van der Waals surface area (Å²) in [6.07, 6.45) is 0. The summed E-state index contributed by atoms with van der Waals surface area (Å²) in [6.45, 7) is 1.89. The van der Waals surface area contributed by atoms with Crippen LogP contribution in [0, 0.1) is 6.92 Å². The smallest absolute Gasteiger partial charge is 0.195 e. The molecule has 1 aromatic carbocycles. The highest BCUT2D eigenvalue weighted by atomic mass is 32.1. The molecule has 0 fully saturated rings. The minimum absolute atomic E-state index is 0.706. The zero-order chi connectivity index (χ0) is 11.1. The third kappa shape index (κ3) is 1.45. The summed E-state index contributed by atoms with van der Waals surface area (Å²) in [4.78, 5) is 4.47. The number of anilines is 1. The lowest BCUT2D eigenvalue weighted by molar-refractivity contribution is 0.427. The fourth-order valence-corrected chi connectivity index (χ4v) is 2.47. The summed E-state index contributed by atoms with van der Waals surface area (Å²) in [5.74, 6) is 0.706. The molecule has 0 aliphatic heterocycles. The predicted octanol–water partition coefficient (Wildman–Crippen LogP) is 2.84. The molecule has 2 N–H and O–H groups in total. The van der Waals surface area contributed by atoms with Crippen LogP contribution in [0.2, 0.25) is 0 Å². The van der Waals surface area contributed by atoms with Crippen LogP contribution in [0.25, 0.3) is 21.0 Å². The Hall–Kier alpha value is -1.88. The van der Waals surface area contributed by atoms with Gasteiger partial charge in [-0.1, -0.05) is 5.16 Å². The van der Waals surface area contributed by atoms with Crippen molar-refractivity contribution in [3.05, 3.63) is 30.0 Å². The first-order valence-corrected chi connectivity index (χ1v) is 5.64. The number of nitrogen functional groups attached to an aromatic ring is 1. The molecule has 0 radical (unpaired) electrons. The molecule has 0 saturated carbocycles. The van der Waals surface area contributed by atoms with E-state index in [1.54, 1.807) is 11.3 Å². The van der Waals surface area contributed by atoms with Crippen LogP contribution in [-0.4, -0.2) is 10.1 Å². The van der Waals surface area contributed by atoms with Crippen LogP contribution in [-0.2, 0) is 0 Å². The minimum atomic E-state index is 0.706. The number of aryl methyl sites for hydroxylation is 1. The molecule has 0 bridgehead atoms. The van der Waals surface area contributed by atoms with Gasteiger partial charge in [-0.2, -0.15) is 0 Å². The van der Waals surface area contributed by atoms with E-state index < -0.39 is 0 Å².